The minimum absolute atomic E-state index is 0.137. The molecule has 2 heterocycles. The quantitative estimate of drug-likeness (QED) is 0.551. The Labute approximate surface area is 146 Å². The molecule has 3 aromatic rings. The summed E-state index contributed by atoms with van der Waals surface area (Å²) in [7, 11) is 0. The van der Waals surface area contributed by atoms with Crippen molar-refractivity contribution in [3.8, 4) is 0 Å². The number of carbonyl (C=O) groups is 1. The van der Waals surface area contributed by atoms with E-state index in [1.54, 1.807) is 6.07 Å². The molecule has 3 rings (SSSR count). The summed E-state index contributed by atoms with van der Waals surface area (Å²) >= 11 is 0. The zero-order valence-corrected chi connectivity index (χ0v) is 14.2. The lowest BCUT2D eigenvalue weighted by atomic mass is 10.0. The molecule has 0 aliphatic heterocycles. The Hall–Kier alpha value is -3.42. The molecule has 0 saturated heterocycles. The second-order valence-electron chi connectivity index (χ2n) is 5.87. The Morgan fingerprint density at radius 3 is 2.69 bits per heavy atom. The van der Waals surface area contributed by atoms with Gasteiger partial charge in [-0.2, -0.15) is 0 Å². The van der Waals surface area contributed by atoms with E-state index in [1.165, 1.54) is 12.3 Å². The maximum absolute atomic E-state index is 12.0. The molecule has 1 aromatic carbocycles. The van der Waals surface area contributed by atoms with Crippen molar-refractivity contribution >= 4 is 16.9 Å². The minimum atomic E-state index is -0.702. The van der Waals surface area contributed by atoms with Crippen LogP contribution in [0.3, 0.4) is 0 Å². The van der Waals surface area contributed by atoms with E-state index in [4.69, 9.17) is 9.15 Å². The summed E-state index contributed by atoms with van der Waals surface area (Å²) < 4.78 is 11.5. The van der Waals surface area contributed by atoms with Crippen molar-refractivity contribution in [1.82, 2.24) is 9.55 Å². The molecule has 0 aliphatic carbocycles. The van der Waals surface area contributed by atoms with E-state index >= 15 is 0 Å². The highest BCUT2D eigenvalue weighted by Crippen LogP contribution is 2.23. The Morgan fingerprint density at radius 2 is 1.96 bits per heavy atom. The van der Waals surface area contributed by atoms with Gasteiger partial charge in [0.15, 0.2) is 0 Å². The zero-order chi connectivity index (χ0) is 18.8. The second kappa shape index (κ2) is 6.83. The van der Waals surface area contributed by atoms with Crippen LogP contribution >= 0.6 is 0 Å². The molecule has 26 heavy (non-hydrogen) atoms. The third-order valence-corrected chi connectivity index (χ3v) is 4.10. The van der Waals surface area contributed by atoms with Gasteiger partial charge < -0.3 is 9.15 Å². The number of ether oxygens (including phenoxy) is 1. The van der Waals surface area contributed by atoms with E-state index in [2.05, 4.69) is 4.98 Å². The number of fused-ring (bicyclic) bond motifs is 1. The van der Waals surface area contributed by atoms with Gasteiger partial charge in [0.25, 0.3) is 5.56 Å². The molecule has 8 nitrogen and oxygen atoms in total. The SMILES string of the molecule is Cc1ccc2c(COC(=O)Cn3ccc(=O)[nH]c3=O)cc(=O)oc2c1C. The van der Waals surface area contributed by atoms with Gasteiger partial charge in [0.1, 0.15) is 18.7 Å². The Bertz CT molecular complexity index is 1170. The standard InChI is InChI=1S/C18H16N2O6/c1-10-3-4-13-12(7-15(22)26-17(13)11(10)2)9-25-16(23)8-20-6-5-14(21)19-18(20)24/h3-7H,8-9H2,1-2H3,(H,19,21,24). The molecule has 0 unspecified atom stereocenters. The number of esters is 1. The van der Waals surface area contributed by atoms with Crippen molar-refractivity contribution in [2.45, 2.75) is 27.0 Å². The van der Waals surface area contributed by atoms with Crippen LogP contribution in [-0.2, 0) is 22.7 Å². The lowest BCUT2D eigenvalue weighted by Crippen LogP contribution is -2.31. The van der Waals surface area contributed by atoms with Crippen LogP contribution < -0.4 is 16.9 Å². The van der Waals surface area contributed by atoms with Gasteiger partial charge >= 0.3 is 17.3 Å². The maximum Gasteiger partial charge on any atom is 0.336 e. The topological polar surface area (TPSA) is 111 Å². The molecule has 0 saturated carbocycles. The normalized spacial score (nSPS) is 10.8. The van der Waals surface area contributed by atoms with Crippen molar-refractivity contribution in [2.24, 2.45) is 0 Å². The van der Waals surface area contributed by atoms with Crippen LogP contribution in [0.2, 0.25) is 0 Å². The summed E-state index contributed by atoms with van der Waals surface area (Å²) in [5.41, 5.74) is 1.01. The van der Waals surface area contributed by atoms with Gasteiger partial charge in [0.2, 0.25) is 0 Å². The highest BCUT2D eigenvalue weighted by Gasteiger charge is 2.12. The summed E-state index contributed by atoms with van der Waals surface area (Å²) in [5, 5.41) is 0.682. The highest BCUT2D eigenvalue weighted by atomic mass is 16.5. The van der Waals surface area contributed by atoms with Crippen molar-refractivity contribution in [3.63, 3.8) is 0 Å². The average Bonchev–Trinajstić information content (AvgIpc) is 2.59. The first-order valence-electron chi connectivity index (χ1n) is 7.83. The van der Waals surface area contributed by atoms with Gasteiger partial charge in [-0.25, -0.2) is 9.59 Å². The number of nitrogens with one attached hydrogen (secondary N) is 1. The lowest BCUT2D eigenvalue weighted by Gasteiger charge is -2.10. The summed E-state index contributed by atoms with van der Waals surface area (Å²) in [6.45, 7) is 3.26. The number of rotatable bonds is 4. The van der Waals surface area contributed by atoms with Gasteiger partial charge in [-0.05, 0) is 25.0 Å². The Kier molecular flexibility index (Phi) is 4.57. The van der Waals surface area contributed by atoms with E-state index in [0.717, 1.165) is 21.8 Å². The predicted octanol–water partition coefficient (Wildman–Crippen LogP) is 1.00. The summed E-state index contributed by atoms with van der Waals surface area (Å²) in [5.74, 6) is -0.677. The number of carbonyl (C=O) groups excluding carboxylic acids is 1. The number of aromatic nitrogens is 2. The Balaban J connectivity index is 1.82. The first-order chi connectivity index (χ1) is 12.3. The zero-order valence-electron chi connectivity index (χ0n) is 14.2. The molecule has 1 N–H and O–H groups in total. The molecular formula is C18H16N2O6. The number of nitrogens with zero attached hydrogens (tertiary/aromatic N) is 1. The number of aromatic amines is 1. The summed E-state index contributed by atoms with van der Waals surface area (Å²) in [6, 6.07) is 6.10. The average molecular weight is 356 g/mol. The van der Waals surface area contributed by atoms with Crippen LogP contribution in [0.15, 0.2) is 49.3 Å². The lowest BCUT2D eigenvalue weighted by molar-refractivity contribution is -0.145. The number of hydrogen-bond donors (Lipinski definition) is 1. The van der Waals surface area contributed by atoms with Crippen molar-refractivity contribution in [3.05, 3.63) is 78.4 Å². The van der Waals surface area contributed by atoms with Gasteiger partial charge in [-0.3, -0.25) is 19.1 Å². The van der Waals surface area contributed by atoms with Crippen LogP contribution in [0.1, 0.15) is 16.7 Å². The maximum atomic E-state index is 12.0. The van der Waals surface area contributed by atoms with Crippen molar-refractivity contribution in [1.29, 1.82) is 0 Å². The van der Waals surface area contributed by atoms with Gasteiger partial charge in [-0.1, -0.05) is 12.1 Å². The molecule has 0 bridgehead atoms. The largest absolute Gasteiger partial charge is 0.459 e. The van der Waals surface area contributed by atoms with Gasteiger partial charge in [0, 0.05) is 29.3 Å². The number of H-pyrrole nitrogens is 1. The Morgan fingerprint density at radius 1 is 1.19 bits per heavy atom. The van der Waals surface area contributed by atoms with Gasteiger partial charge in [0.05, 0.1) is 0 Å². The molecule has 2 aromatic heterocycles. The van der Waals surface area contributed by atoms with Crippen LogP contribution in [0.25, 0.3) is 11.0 Å². The third-order valence-electron chi connectivity index (χ3n) is 4.10. The van der Waals surface area contributed by atoms with Crippen LogP contribution in [-0.4, -0.2) is 15.5 Å². The van der Waals surface area contributed by atoms with Crippen molar-refractivity contribution in [2.75, 3.05) is 0 Å². The molecule has 8 heteroatoms. The number of hydrogen-bond acceptors (Lipinski definition) is 6. The summed E-state index contributed by atoms with van der Waals surface area (Å²) in [6.07, 6.45) is 1.21. The fourth-order valence-corrected chi connectivity index (χ4v) is 2.56. The van der Waals surface area contributed by atoms with Crippen LogP contribution in [0, 0.1) is 13.8 Å². The van der Waals surface area contributed by atoms with E-state index in [9.17, 15) is 19.2 Å². The number of benzene rings is 1. The van der Waals surface area contributed by atoms with E-state index in [-0.39, 0.29) is 13.2 Å². The molecule has 0 amide bonds. The smallest absolute Gasteiger partial charge is 0.336 e. The van der Waals surface area contributed by atoms with E-state index in [0.29, 0.717) is 16.5 Å². The summed E-state index contributed by atoms with van der Waals surface area (Å²) in [4.78, 5) is 48.4. The van der Waals surface area contributed by atoms with Crippen LogP contribution in [0.5, 0.6) is 0 Å². The first kappa shape index (κ1) is 17.4. The van der Waals surface area contributed by atoms with E-state index < -0.39 is 22.8 Å². The third kappa shape index (κ3) is 3.49. The first-order valence-corrected chi connectivity index (χ1v) is 7.83. The number of aryl methyl sites for hydroxylation is 2. The van der Waals surface area contributed by atoms with Gasteiger partial charge in [-0.15, -0.1) is 0 Å². The molecule has 0 atom stereocenters. The molecule has 0 fully saturated rings. The molecule has 0 aliphatic rings. The fourth-order valence-electron chi connectivity index (χ4n) is 2.56. The van der Waals surface area contributed by atoms with E-state index in [1.807, 2.05) is 19.9 Å². The van der Waals surface area contributed by atoms with Crippen LogP contribution in [0.4, 0.5) is 0 Å². The molecule has 0 radical (unpaired) electrons. The second-order valence-corrected chi connectivity index (χ2v) is 5.87. The highest BCUT2D eigenvalue weighted by molar-refractivity contribution is 5.84. The fraction of sp³-hybridized carbons (Fsp3) is 0.222. The van der Waals surface area contributed by atoms with Crippen molar-refractivity contribution < 1.29 is 13.9 Å². The molecule has 0 spiro atoms. The minimum Gasteiger partial charge on any atom is -0.459 e. The monoisotopic (exact) mass is 356 g/mol. The predicted molar refractivity (Wildman–Crippen MR) is 93.1 cm³/mol. The molecular weight excluding hydrogens is 340 g/mol. The molecule has 134 valence electrons.